The zero-order valence-corrected chi connectivity index (χ0v) is 20.7. The number of hydrogen-bond donors (Lipinski definition) is 0. The van der Waals surface area contributed by atoms with Crippen molar-refractivity contribution in [1.82, 2.24) is 4.90 Å². The van der Waals surface area contributed by atoms with Gasteiger partial charge in [0.2, 0.25) is 0 Å². The molecule has 4 nitrogen and oxygen atoms in total. The number of ketones is 1. The van der Waals surface area contributed by atoms with Crippen molar-refractivity contribution in [2.45, 2.75) is 38.7 Å². The SMILES string of the molecule is CC1CC(C(C(=O)c2ccccc2)c2ccccc2)CC(C)C1OCCN1CCOCC1.Cl. The van der Waals surface area contributed by atoms with Crippen molar-refractivity contribution in [3.05, 3.63) is 71.8 Å². The lowest BCUT2D eigenvalue weighted by Crippen LogP contribution is -2.42. The van der Waals surface area contributed by atoms with E-state index in [4.69, 9.17) is 9.47 Å². The number of carbonyl (C=O) groups is 1. The molecule has 5 heteroatoms. The Kier molecular flexibility index (Phi) is 9.94. The number of rotatable bonds is 8. The number of carbonyl (C=O) groups excluding carboxylic acids is 1. The van der Waals surface area contributed by atoms with E-state index in [0.717, 1.165) is 63.4 Å². The highest BCUT2D eigenvalue weighted by Gasteiger charge is 2.40. The van der Waals surface area contributed by atoms with Gasteiger partial charge in [0.25, 0.3) is 0 Å². The van der Waals surface area contributed by atoms with Gasteiger partial charge in [0.1, 0.15) is 0 Å². The molecule has 0 amide bonds. The molecule has 2 aromatic rings. The summed E-state index contributed by atoms with van der Waals surface area (Å²) in [5.41, 5.74) is 1.95. The second-order valence-electron chi connectivity index (χ2n) is 9.59. The van der Waals surface area contributed by atoms with E-state index in [9.17, 15) is 4.79 Å². The third-order valence-electron chi connectivity index (χ3n) is 7.26. The minimum Gasteiger partial charge on any atom is -0.379 e. The van der Waals surface area contributed by atoms with Crippen LogP contribution in [0.3, 0.4) is 0 Å². The van der Waals surface area contributed by atoms with Crippen LogP contribution in [0.5, 0.6) is 0 Å². The molecule has 1 saturated heterocycles. The predicted octanol–water partition coefficient (Wildman–Crippen LogP) is 5.47. The third kappa shape index (κ3) is 6.66. The standard InChI is InChI=1S/C28H37NO3.ClH/c1-21-19-25(20-22(2)28(21)32-18-15-29-13-16-31-17-14-29)26(23-9-5-3-6-10-23)27(30)24-11-7-4-8-12-24;/h3-12,21-22,25-26,28H,13-20H2,1-2H3;1H. The molecule has 0 aromatic heterocycles. The normalized spacial score (nSPS) is 26.8. The van der Waals surface area contributed by atoms with Crippen LogP contribution in [-0.2, 0) is 9.47 Å². The Morgan fingerprint density at radius 2 is 1.55 bits per heavy atom. The summed E-state index contributed by atoms with van der Waals surface area (Å²) in [6, 6.07) is 20.1. The maximum atomic E-state index is 13.6. The van der Waals surface area contributed by atoms with Crippen molar-refractivity contribution >= 4 is 18.2 Å². The van der Waals surface area contributed by atoms with Crippen LogP contribution in [0.25, 0.3) is 0 Å². The minimum absolute atomic E-state index is 0. The first kappa shape index (κ1) is 25.9. The molecule has 180 valence electrons. The van der Waals surface area contributed by atoms with Crippen LogP contribution in [-0.4, -0.2) is 56.2 Å². The molecule has 4 rings (SSSR count). The van der Waals surface area contributed by atoms with Gasteiger partial charge in [-0.15, -0.1) is 12.4 Å². The minimum atomic E-state index is -0.0993. The number of halogens is 1. The van der Waals surface area contributed by atoms with Gasteiger partial charge >= 0.3 is 0 Å². The Balaban J connectivity index is 0.00000306. The summed E-state index contributed by atoms with van der Waals surface area (Å²) in [6.45, 7) is 10.0. The van der Waals surface area contributed by atoms with Crippen molar-refractivity contribution in [3.63, 3.8) is 0 Å². The monoisotopic (exact) mass is 471 g/mol. The molecule has 33 heavy (non-hydrogen) atoms. The molecule has 2 aromatic carbocycles. The number of Topliss-reactive ketones (excluding diaryl/α,β-unsaturated/α-hetero) is 1. The second-order valence-corrected chi connectivity index (χ2v) is 9.59. The van der Waals surface area contributed by atoms with Crippen LogP contribution in [0.1, 0.15) is 48.5 Å². The molecule has 1 saturated carbocycles. The van der Waals surface area contributed by atoms with E-state index < -0.39 is 0 Å². The van der Waals surface area contributed by atoms with Crippen LogP contribution < -0.4 is 0 Å². The summed E-state index contributed by atoms with van der Waals surface area (Å²) in [5, 5.41) is 0. The Labute approximate surface area is 205 Å². The van der Waals surface area contributed by atoms with E-state index >= 15 is 0 Å². The maximum Gasteiger partial charge on any atom is 0.170 e. The summed E-state index contributed by atoms with van der Waals surface area (Å²) in [4.78, 5) is 16.1. The molecule has 1 aliphatic carbocycles. The molecule has 1 heterocycles. The first-order valence-electron chi connectivity index (χ1n) is 12.2. The van der Waals surface area contributed by atoms with Crippen LogP contribution >= 0.6 is 12.4 Å². The van der Waals surface area contributed by atoms with Gasteiger partial charge in [-0.3, -0.25) is 9.69 Å². The van der Waals surface area contributed by atoms with Gasteiger partial charge in [-0.05, 0) is 36.2 Å². The fourth-order valence-corrected chi connectivity index (χ4v) is 5.70. The Morgan fingerprint density at radius 3 is 2.15 bits per heavy atom. The van der Waals surface area contributed by atoms with Crippen LogP contribution in [0.15, 0.2) is 60.7 Å². The molecule has 1 aliphatic heterocycles. The Morgan fingerprint density at radius 1 is 0.970 bits per heavy atom. The van der Waals surface area contributed by atoms with E-state index in [-0.39, 0.29) is 30.2 Å². The number of benzene rings is 2. The Bertz CT molecular complexity index is 829. The summed E-state index contributed by atoms with van der Waals surface area (Å²) >= 11 is 0. The van der Waals surface area contributed by atoms with E-state index in [2.05, 4.69) is 30.9 Å². The topological polar surface area (TPSA) is 38.8 Å². The lowest BCUT2D eigenvalue weighted by Gasteiger charge is -2.42. The molecular weight excluding hydrogens is 434 g/mol. The molecule has 0 radical (unpaired) electrons. The number of nitrogens with zero attached hydrogens (tertiary/aromatic N) is 1. The quantitative estimate of drug-likeness (QED) is 0.478. The van der Waals surface area contributed by atoms with Gasteiger partial charge < -0.3 is 9.47 Å². The van der Waals surface area contributed by atoms with Gasteiger partial charge in [-0.2, -0.15) is 0 Å². The average molecular weight is 472 g/mol. The van der Waals surface area contributed by atoms with Crippen molar-refractivity contribution in [2.75, 3.05) is 39.5 Å². The second kappa shape index (κ2) is 12.7. The molecular formula is C28H38ClNO3. The highest BCUT2D eigenvalue weighted by atomic mass is 35.5. The highest BCUT2D eigenvalue weighted by Crippen LogP contribution is 2.43. The molecule has 0 bridgehead atoms. The fourth-order valence-electron chi connectivity index (χ4n) is 5.70. The molecule has 2 aliphatic rings. The third-order valence-corrected chi connectivity index (χ3v) is 7.26. The predicted molar refractivity (Wildman–Crippen MR) is 135 cm³/mol. The average Bonchev–Trinajstić information content (AvgIpc) is 2.83. The van der Waals surface area contributed by atoms with Gasteiger partial charge in [0.15, 0.2) is 5.78 Å². The van der Waals surface area contributed by atoms with Crippen LogP contribution in [0.4, 0.5) is 0 Å². The van der Waals surface area contributed by atoms with Crippen LogP contribution in [0.2, 0.25) is 0 Å². The lowest BCUT2D eigenvalue weighted by atomic mass is 9.66. The maximum absolute atomic E-state index is 13.6. The zero-order chi connectivity index (χ0) is 22.3. The van der Waals surface area contributed by atoms with E-state index in [1.165, 1.54) is 0 Å². The van der Waals surface area contributed by atoms with Crippen molar-refractivity contribution in [2.24, 2.45) is 17.8 Å². The lowest BCUT2D eigenvalue weighted by molar-refractivity contribution is -0.0638. The van der Waals surface area contributed by atoms with Gasteiger partial charge in [0, 0.05) is 25.2 Å². The Hall–Kier alpha value is -1.72. The summed E-state index contributed by atoms with van der Waals surface area (Å²) in [5.74, 6) is 1.34. The number of ether oxygens (including phenoxy) is 2. The molecule has 3 atom stereocenters. The number of morpholine rings is 1. The summed E-state index contributed by atoms with van der Waals surface area (Å²) in [6.07, 6.45) is 2.30. The van der Waals surface area contributed by atoms with Gasteiger partial charge in [-0.1, -0.05) is 74.5 Å². The van der Waals surface area contributed by atoms with E-state index in [0.29, 0.717) is 17.8 Å². The van der Waals surface area contributed by atoms with E-state index in [1.807, 2.05) is 48.5 Å². The summed E-state index contributed by atoms with van der Waals surface area (Å²) in [7, 11) is 0. The van der Waals surface area contributed by atoms with E-state index in [1.54, 1.807) is 0 Å². The fraction of sp³-hybridized carbons (Fsp3) is 0.536. The van der Waals surface area contributed by atoms with Crippen molar-refractivity contribution in [3.8, 4) is 0 Å². The molecule has 0 N–H and O–H groups in total. The van der Waals surface area contributed by atoms with Crippen molar-refractivity contribution < 1.29 is 14.3 Å². The van der Waals surface area contributed by atoms with Crippen molar-refractivity contribution in [1.29, 1.82) is 0 Å². The smallest absolute Gasteiger partial charge is 0.170 e. The first-order valence-corrected chi connectivity index (χ1v) is 12.2. The van der Waals surface area contributed by atoms with Gasteiger partial charge in [0.05, 0.1) is 31.8 Å². The van der Waals surface area contributed by atoms with Gasteiger partial charge in [-0.25, -0.2) is 0 Å². The highest BCUT2D eigenvalue weighted by molar-refractivity contribution is 6.01. The molecule has 3 unspecified atom stereocenters. The largest absolute Gasteiger partial charge is 0.379 e. The molecule has 0 spiro atoms. The zero-order valence-electron chi connectivity index (χ0n) is 19.9. The van der Waals surface area contributed by atoms with Crippen LogP contribution in [0, 0.1) is 17.8 Å². The first-order chi connectivity index (χ1) is 15.6. The molecule has 2 fully saturated rings. The number of hydrogen-bond acceptors (Lipinski definition) is 4. The summed E-state index contributed by atoms with van der Waals surface area (Å²) < 4.78 is 11.9.